The van der Waals surface area contributed by atoms with E-state index in [1.807, 2.05) is 50.8 Å². The van der Waals surface area contributed by atoms with E-state index in [-0.39, 0.29) is 18.1 Å². The number of carbonyl (C=O) groups excluding carboxylic acids is 1. The van der Waals surface area contributed by atoms with Gasteiger partial charge in [-0.3, -0.25) is 9.88 Å². The molecule has 4 nitrogen and oxygen atoms in total. The van der Waals surface area contributed by atoms with E-state index in [4.69, 9.17) is 9.26 Å². The summed E-state index contributed by atoms with van der Waals surface area (Å²) in [5.74, 6) is 0.541. The highest BCUT2D eigenvalue weighted by molar-refractivity contribution is 7.49. The Balaban J connectivity index is 2.40. The molecule has 1 N–H and O–H groups in total. The van der Waals surface area contributed by atoms with Gasteiger partial charge in [0.15, 0.2) is 8.30 Å². The molecule has 0 fully saturated rings. The smallest absolute Gasteiger partial charge is 0.323 e. The highest BCUT2D eigenvalue weighted by Gasteiger charge is 2.18. The molecule has 0 aromatic heterocycles. The first-order valence-corrected chi connectivity index (χ1v) is 7.63. The number of para-hydroxylation sites is 1. The molecule has 0 heterocycles. The highest BCUT2D eigenvalue weighted by atomic mass is 31.2. The average molecular weight is 269 g/mol. The molecule has 1 rings (SSSR count). The zero-order valence-corrected chi connectivity index (χ0v) is 12.1. The van der Waals surface area contributed by atoms with Crippen molar-refractivity contribution >= 4 is 14.3 Å². The number of hydrogen-bond donors (Lipinski definition) is 1. The lowest BCUT2D eigenvalue weighted by atomic mass is 10.3. The summed E-state index contributed by atoms with van der Waals surface area (Å²) in [6, 6.07) is 9.16. The Morgan fingerprint density at radius 3 is 2.39 bits per heavy atom. The number of nitrogens with one attached hydrogen (secondary N) is 1. The predicted molar refractivity (Wildman–Crippen MR) is 73.7 cm³/mol. The molecule has 0 bridgehead atoms. The third kappa shape index (κ3) is 5.48. The molecule has 18 heavy (non-hydrogen) atoms. The Labute approximate surface area is 110 Å². The van der Waals surface area contributed by atoms with Crippen molar-refractivity contribution < 1.29 is 14.1 Å². The summed E-state index contributed by atoms with van der Waals surface area (Å²) in [4.78, 5) is 11.6. The first-order valence-electron chi connectivity index (χ1n) is 5.92. The van der Waals surface area contributed by atoms with Crippen LogP contribution in [-0.4, -0.2) is 24.8 Å². The van der Waals surface area contributed by atoms with Crippen LogP contribution in [0.2, 0.25) is 0 Å². The van der Waals surface area contributed by atoms with Gasteiger partial charge in [0.2, 0.25) is 0 Å². The first-order chi connectivity index (χ1) is 8.49. The molecule has 100 valence electrons. The van der Waals surface area contributed by atoms with E-state index < -0.39 is 8.30 Å². The number of hydrogen-bond acceptors (Lipinski definition) is 4. The van der Waals surface area contributed by atoms with Gasteiger partial charge in [-0.2, -0.15) is 0 Å². The van der Waals surface area contributed by atoms with E-state index in [1.165, 1.54) is 0 Å². The number of ether oxygens (including phenoxy) is 1. The van der Waals surface area contributed by atoms with Crippen LogP contribution in [0.3, 0.4) is 0 Å². The van der Waals surface area contributed by atoms with Gasteiger partial charge in [-0.25, -0.2) is 0 Å². The van der Waals surface area contributed by atoms with Gasteiger partial charge in [-0.1, -0.05) is 18.2 Å². The fourth-order valence-corrected chi connectivity index (χ4v) is 2.47. The molecule has 1 aromatic carbocycles. The van der Waals surface area contributed by atoms with E-state index in [0.717, 1.165) is 5.75 Å². The van der Waals surface area contributed by atoms with Crippen molar-refractivity contribution in [3.63, 3.8) is 0 Å². The van der Waals surface area contributed by atoms with Gasteiger partial charge in [0.05, 0.1) is 6.10 Å². The predicted octanol–water partition coefficient (Wildman–Crippen LogP) is 2.94. The summed E-state index contributed by atoms with van der Waals surface area (Å²) in [5, 5.41) is 3.10. The van der Waals surface area contributed by atoms with E-state index in [2.05, 4.69) is 5.09 Å². The van der Waals surface area contributed by atoms with Gasteiger partial charge in [-0.05, 0) is 32.9 Å². The largest absolute Gasteiger partial charge is 0.462 e. The normalized spacial score (nSPS) is 14.1. The SMILES string of the molecule is CC(C)OC(=O)[C@H](C)NP(C)Oc1ccccc1. The molecule has 0 saturated carbocycles. The minimum Gasteiger partial charge on any atom is -0.462 e. The lowest BCUT2D eigenvalue weighted by Gasteiger charge is -2.20. The van der Waals surface area contributed by atoms with Crippen molar-refractivity contribution in [3.05, 3.63) is 30.3 Å². The second kappa shape index (κ2) is 7.34. The second-order valence-corrected chi connectivity index (χ2v) is 5.67. The molecule has 0 aliphatic rings. The van der Waals surface area contributed by atoms with Crippen molar-refractivity contribution in [2.45, 2.75) is 32.9 Å². The molecule has 0 radical (unpaired) electrons. The van der Waals surface area contributed by atoms with Gasteiger partial charge in [0, 0.05) is 6.66 Å². The molecule has 1 unspecified atom stereocenters. The summed E-state index contributed by atoms with van der Waals surface area (Å²) < 4.78 is 10.8. The first kappa shape index (κ1) is 14.9. The minimum absolute atomic E-state index is 0.0973. The molecule has 5 heteroatoms. The Morgan fingerprint density at radius 2 is 1.83 bits per heavy atom. The molecule has 0 aliphatic heterocycles. The third-order valence-electron chi connectivity index (χ3n) is 2.07. The zero-order valence-electron chi connectivity index (χ0n) is 11.2. The molecule has 0 spiro atoms. The molecule has 2 atom stereocenters. The molecular weight excluding hydrogens is 249 g/mol. The molecule has 1 aromatic rings. The molecular formula is C13H20NO3P. The van der Waals surface area contributed by atoms with Gasteiger partial charge in [0.1, 0.15) is 11.8 Å². The monoisotopic (exact) mass is 269 g/mol. The van der Waals surface area contributed by atoms with Gasteiger partial charge >= 0.3 is 5.97 Å². The maximum atomic E-state index is 11.6. The highest BCUT2D eigenvalue weighted by Crippen LogP contribution is 2.30. The summed E-state index contributed by atoms with van der Waals surface area (Å²) in [6.45, 7) is 7.36. The lowest BCUT2D eigenvalue weighted by Crippen LogP contribution is -2.34. The number of esters is 1. The Kier molecular flexibility index (Phi) is 6.10. The third-order valence-corrected chi connectivity index (χ3v) is 3.30. The quantitative estimate of drug-likeness (QED) is 0.637. The summed E-state index contributed by atoms with van der Waals surface area (Å²) in [6.07, 6.45) is -0.0973. The van der Waals surface area contributed by atoms with E-state index >= 15 is 0 Å². The Morgan fingerprint density at radius 1 is 1.22 bits per heavy atom. The van der Waals surface area contributed by atoms with Crippen LogP contribution in [0.15, 0.2) is 30.3 Å². The van der Waals surface area contributed by atoms with Gasteiger partial charge in [-0.15, -0.1) is 0 Å². The molecule has 0 saturated heterocycles. The lowest BCUT2D eigenvalue weighted by molar-refractivity contribution is -0.148. The Hall–Kier alpha value is -1.12. The number of rotatable bonds is 6. The summed E-state index contributed by atoms with van der Waals surface area (Å²) >= 11 is 0. The van der Waals surface area contributed by atoms with Crippen LogP contribution in [0.5, 0.6) is 5.75 Å². The van der Waals surface area contributed by atoms with E-state index in [0.29, 0.717) is 0 Å². The Bertz CT molecular complexity index is 370. The maximum absolute atomic E-state index is 11.6. The fourth-order valence-electron chi connectivity index (χ4n) is 1.33. The molecule has 0 amide bonds. The minimum atomic E-state index is -0.905. The second-order valence-electron chi connectivity index (χ2n) is 4.24. The van der Waals surface area contributed by atoms with Gasteiger partial charge < -0.3 is 9.26 Å². The zero-order chi connectivity index (χ0) is 13.5. The van der Waals surface area contributed by atoms with Crippen LogP contribution < -0.4 is 9.61 Å². The number of carbonyl (C=O) groups is 1. The summed E-state index contributed by atoms with van der Waals surface area (Å²) in [5.41, 5.74) is 0. The van der Waals surface area contributed by atoms with Crippen molar-refractivity contribution in [1.29, 1.82) is 0 Å². The van der Waals surface area contributed by atoms with Crippen LogP contribution in [0.25, 0.3) is 0 Å². The topological polar surface area (TPSA) is 47.6 Å². The van der Waals surface area contributed by atoms with Crippen molar-refractivity contribution in [3.8, 4) is 5.75 Å². The van der Waals surface area contributed by atoms with E-state index in [9.17, 15) is 4.79 Å². The standard InChI is InChI=1S/C13H20NO3P/c1-10(2)16-13(15)11(3)14-18(4)17-12-8-6-5-7-9-12/h5-11,14H,1-4H3/t11-,18?/m0/s1. The van der Waals surface area contributed by atoms with Crippen molar-refractivity contribution in [2.24, 2.45) is 0 Å². The van der Waals surface area contributed by atoms with Crippen LogP contribution >= 0.6 is 8.30 Å². The number of benzene rings is 1. The fraction of sp³-hybridized carbons (Fsp3) is 0.462. The van der Waals surface area contributed by atoms with E-state index in [1.54, 1.807) is 6.92 Å². The van der Waals surface area contributed by atoms with Crippen LogP contribution in [0.4, 0.5) is 0 Å². The van der Waals surface area contributed by atoms with Crippen LogP contribution in [0, 0.1) is 0 Å². The summed E-state index contributed by atoms with van der Waals surface area (Å²) in [7, 11) is -0.905. The maximum Gasteiger partial charge on any atom is 0.323 e. The van der Waals surface area contributed by atoms with Crippen LogP contribution in [0.1, 0.15) is 20.8 Å². The van der Waals surface area contributed by atoms with Crippen molar-refractivity contribution in [2.75, 3.05) is 6.66 Å². The molecule has 0 aliphatic carbocycles. The van der Waals surface area contributed by atoms with Crippen LogP contribution in [-0.2, 0) is 9.53 Å². The van der Waals surface area contributed by atoms with Crippen molar-refractivity contribution in [1.82, 2.24) is 5.09 Å². The van der Waals surface area contributed by atoms with Gasteiger partial charge in [0.25, 0.3) is 0 Å². The average Bonchev–Trinajstić information content (AvgIpc) is 2.29.